The molecule has 7 nitrogen and oxygen atoms in total. The molecular weight excluding hydrogens is 438 g/mol. The number of hydrogen-bond acceptors (Lipinski definition) is 5. The van der Waals surface area contributed by atoms with E-state index in [9.17, 15) is 4.79 Å². The fourth-order valence-corrected chi connectivity index (χ4v) is 4.15. The molecule has 0 aliphatic carbocycles. The first-order chi connectivity index (χ1) is 16.1. The first-order valence-corrected chi connectivity index (χ1v) is 10.9. The van der Waals surface area contributed by atoms with E-state index in [1.165, 1.54) is 0 Å². The van der Waals surface area contributed by atoms with Crippen LogP contribution in [0.4, 0.5) is 5.69 Å². The molecule has 3 heterocycles. The van der Waals surface area contributed by atoms with Gasteiger partial charge in [0.2, 0.25) is 0 Å². The van der Waals surface area contributed by atoms with Crippen LogP contribution in [-0.4, -0.2) is 20.6 Å². The number of nitrogens with one attached hydrogen (secondary N) is 1. The summed E-state index contributed by atoms with van der Waals surface area (Å²) in [5, 5.41) is 17.9. The molecule has 4 aromatic rings. The van der Waals surface area contributed by atoms with Crippen molar-refractivity contribution in [2.24, 2.45) is 0 Å². The maximum absolute atomic E-state index is 13.6. The van der Waals surface area contributed by atoms with Gasteiger partial charge in [0.25, 0.3) is 5.91 Å². The first-order valence-electron chi connectivity index (χ1n) is 10.5. The number of hydrogen-bond donors (Lipinski definition) is 1. The number of fused-ring (bicyclic) bond motifs is 1. The van der Waals surface area contributed by atoms with Crippen LogP contribution in [0.3, 0.4) is 0 Å². The maximum atomic E-state index is 13.6. The normalized spacial score (nSPS) is 15.1. The van der Waals surface area contributed by atoms with Crippen molar-refractivity contribution >= 4 is 23.2 Å². The van der Waals surface area contributed by atoms with Gasteiger partial charge >= 0.3 is 0 Å². The van der Waals surface area contributed by atoms with Crippen LogP contribution >= 0.6 is 11.6 Å². The molecule has 1 aliphatic rings. The van der Waals surface area contributed by atoms with Crippen LogP contribution in [0.25, 0.3) is 11.3 Å². The topological polar surface area (TPSA) is 87.1 Å². The number of para-hydroxylation sites is 1. The fraction of sp³-hybridized carbons (Fsp3) is 0.160. The quantitative estimate of drug-likeness (QED) is 0.414. The lowest BCUT2D eigenvalue weighted by Gasteiger charge is -2.37. The lowest BCUT2D eigenvalue weighted by molar-refractivity contribution is 0.0652. The SMILES string of the molecule is N#CCCn1cc([C@@H]2Nc3ccccc3C(=O)N2Cc2ccco2)c(-c2ccc(Cl)cc2)n1. The van der Waals surface area contributed by atoms with Gasteiger partial charge in [-0.15, -0.1) is 0 Å². The number of nitriles is 1. The summed E-state index contributed by atoms with van der Waals surface area (Å²) in [6.45, 7) is 0.744. The molecule has 1 aliphatic heterocycles. The molecule has 0 saturated heterocycles. The Balaban J connectivity index is 1.63. The highest BCUT2D eigenvalue weighted by molar-refractivity contribution is 6.30. The van der Waals surface area contributed by atoms with Gasteiger partial charge in [0, 0.05) is 28.0 Å². The van der Waals surface area contributed by atoms with E-state index < -0.39 is 6.17 Å². The van der Waals surface area contributed by atoms with E-state index in [0.29, 0.717) is 35.9 Å². The van der Waals surface area contributed by atoms with Crippen molar-refractivity contribution in [2.45, 2.75) is 25.7 Å². The zero-order valence-electron chi connectivity index (χ0n) is 17.6. The molecule has 2 aromatic carbocycles. The molecule has 1 atom stereocenters. The number of rotatable bonds is 6. The Kier molecular flexibility index (Phi) is 5.59. The number of nitrogens with zero attached hydrogens (tertiary/aromatic N) is 4. The molecule has 1 amide bonds. The number of anilines is 1. The smallest absolute Gasteiger partial charge is 0.258 e. The van der Waals surface area contributed by atoms with Gasteiger partial charge in [-0.3, -0.25) is 9.48 Å². The number of carbonyl (C=O) groups is 1. The minimum atomic E-state index is -0.487. The summed E-state index contributed by atoms with van der Waals surface area (Å²) in [6, 6.07) is 20.7. The Morgan fingerprint density at radius 1 is 1.12 bits per heavy atom. The molecule has 0 unspecified atom stereocenters. The highest BCUT2D eigenvalue weighted by Gasteiger charge is 2.36. The average molecular weight is 458 g/mol. The third-order valence-electron chi connectivity index (χ3n) is 5.58. The van der Waals surface area contributed by atoms with Gasteiger partial charge in [-0.25, -0.2) is 0 Å². The molecule has 1 N–H and O–H groups in total. The monoisotopic (exact) mass is 457 g/mol. The standard InChI is InChI=1S/C25H20ClN5O2/c26-18-10-8-17(9-11-18)23-21(16-30(29-23)13-4-12-27)24-28-22-7-2-1-6-20(22)25(32)31(24)15-19-5-3-14-33-19/h1-3,5-11,14,16,24,28H,4,13,15H2/t24-/m1/s1. The molecule has 33 heavy (non-hydrogen) atoms. The second-order valence-electron chi connectivity index (χ2n) is 7.72. The predicted molar refractivity (Wildman–Crippen MR) is 124 cm³/mol. The Bertz CT molecular complexity index is 1320. The minimum Gasteiger partial charge on any atom is -0.467 e. The minimum absolute atomic E-state index is 0.0995. The van der Waals surface area contributed by atoms with Crippen LogP contribution in [0.5, 0.6) is 0 Å². The molecule has 0 fully saturated rings. The zero-order chi connectivity index (χ0) is 22.8. The second-order valence-corrected chi connectivity index (χ2v) is 8.15. The maximum Gasteiger partial charge on any atom is 0.258 e. The molecule has 0 bridgehead atoms. The van der Waals surface area contributed by atoms with Crippen molar-refractivity contribution in [3.8, 4) is 17.3 Å². The largest absolute Gasteiger partial charge is 0.467 e. The van der Waals surface area contributed by atoms with Crippen molar-refractivity contribution in [3.63, 3.8) is 0 Å². The second kappa shape index (κ2) is 8.85. The van der Waals surface area contributed by atoms with Crippen LogP contribution in [0.1, 0.15) is 34.3 Å². The summed E-state index contributed by atoms with van der Waals surface area (Å²) in [5.74, 6) is 0.581. The molecule has 2 aromatic heterocycles. The third kappa shape index (κ3) is 4.09. The van der Waals surface area contributed by atoms with Crippen LogP contribution in [0.2, 0.25) is 5.02 Å². The van der Waals surface area contributed by atoms with E-state index in [1.54, 1.807) is 21.9 Å². The average Bonchev–Trinajstić information content (AvgIpc) is 3.50. The molecule has 8 heteroatoms. The number of benzene rings is 2. The lowest BCUT2D eigenvalue weighted by Crippen LogP contribution is -2.42. The van der Waals surface area contributed by atoms with E-state index in [4.69, 9.17) is 26.4 Å². The Hall–Kier alpha value is -4.02. The van der Waals surface area contributed by atoms with E-state index >= 15 is 0 Å². The van der Waals surface area contributed by atoms with Gasteiger partial charge in [0.1, 0.15) is 11.9 Å². The van der Waals surface area contributed by atoms with Crippen LogP contribution in [0.15, 0.2) is 77.5 Å². The van der Waals surface area contributed by atoms with Crippen molar-refractivity contribution in [1.29, 1.82) is 5.26 Å². The van der Waals surface area contributed by atoms with Crippen LogP contribution in [0, 0.1) is 11.3 Å². The highest BCUT2D eigenvalue weighted by Crippen LogP contribution is 2.38. The number of halogens is 1. The highest BCUT2D eigenvalue weighted by atomic mass is 35.5. The van der Waals surface area contributed by atoms with Gasteiger partial charge in [-0.1, -0.05) is 35.9 Å². The number of aromatic nitrogens is 2. The van der Waals surface area contributed by atoms with E-state index in [-0.39, 0.29) is 5.91 Å². The van der Waals surface area contributed by atoms with Gasteiger partial charge in [-0.2, -0.15) is 10.4 Å². The van der Waals surface area contributed by atoms with Gasteiger partial charge in [0.15, 0.2) is 0 Å². The van der Waals surface area contributed by atoms with E-state index in [0.717, 1.165) is 22.5 Å². The van der Waals surface area contributed by atoms with Crippen molar-refractivity contribution < 1.29 is 9.21 Å². The number of aryl methyl sites for hydroxylation is 1. The van der Waals surface area contributed by atoms with Crippen molar-refractivity contribution in [1.82, 2.24) is 14.7 Å². The van der Waals surface area contributed by atoms with Crippen molar-refractivity contribution in [3.05, 3.63) is 95.0 Å². The summed E-state index contributed by atoms with van der Waals surface area (Å²) in [5.41, 5.74) is 3.78. The van der Waals surface area contributed by atoms with E-state index in [1.807, 2.05) is 60.8 Å². The third-order valence-corrected chi connectivity index (χ3v) is 5.84. The summed E-state index contributed by atoms with van der Waals surface area (Å²) in [7, 11) is 0. The van der Waals surface area contributed by atoms with E-state index in [2.05, 4.69) is 11.4 Å². The Morgan fingerprint density at radius 3 is 2.70 bits per heavy atom. The first kappa shape index (κ1) is 20.9. The summed E-state index contributed by atoms with van der Waals surface area (Å²) < 4.78 is 7.30. The molecular formula is C25H20ClN5O2. The lowest BCUT2D eigenvalue weighted by atomic mass is 10.0. The molecule has 0 saturated carbocycles. The Labute approximate surface area is 195 Å². The predicted octanol–water partition coefficient (Wildman–Crippen LogP) is 5.48. The zero-order valence-corrected chi connectivity index (χ0v) is 18.4. The summed E-state index contributed by atoms with van der Waals surface area (Å²) >= 11 is 6.10. The summed E-state index contributed by atoms with van der Waals surface area (Å²) in [4.78, 5) is 15.3. The van der Waals surface area contributed by atoms with Crippen LogP contribution < -0.4 is 5.32 Å². The molecule has 5 rings (SSSR count). The Morgan fingerprint density at radius 2 is 1.94 bits per heavy atom. The van der Waals surface area contributed by atoms with Gasteiger partial charge in [-0.05, 0) is 36.4 Å². The molecule has 0 radical (unpaired) electrons. The summed E-state index contributed by atoms with van der Waals surface area (Å²) in [6.07, 6.45) is 3.34. The number of carbonyl (C=O) groups excluding carboxylic acids is 1. The van der Waals surface area contributed by atoms with Crippen molar-refractivity contribution in [2.75, 3.05) is 5.32 Å². The van der Waals surface area contributed by atoms with Crippen LogP contribution in [-0.2, 0) is 13.1 Å². The molecule has 0 spiro atoms. The van der Waals surface area contributed by atoms with Gasteiger partial charge in [0.05, 0.1) is 43.1 Å². The molecule has 164 valence electrons. The van der Waals surface area contributed by atoms with Gasteiger partial charge < -0.3 is 14.6 Å². The fourth-order valence-electron chi connectivity index (χ4n) is 4.02. The number of amides is 1. The number of furan rings is 1.